The van der Waals surface area contributed by atoms with Crippen LogP contribution in [0.4, 0.5) is 5.69 Å². The summed E-state index contributed by atoms with van der Waals surface area (Å²) in [5.74, 6) is 0.522. The molecule has 5 nitrogen and oxygen atoms in total. The summed E-state index contributed by atoms with van der Waals surface area (Å²) >= 11 is 0. The number of rotatable bonds is 7. The van der Waals surface area contributed by atoms with Gasteiger partial charge >= 0.3 is 0 Å². The van der Waals surface area contributed by atoms with Gasteiger partial charge in [-0.3, -0.25) is 9.59 Å². The number of anilines is 1. The first-order valence-electron chi connectivity index (χ1n) is 6.74. The number of nitrogens with zero attached hydrogens (tertiary/aromatic N) is 1. The highest BCUT2D eigenvalue weighted by Gasteiger charge is 2.12. The molecule has 0 aliphatic heterocycles. The second-order valence-electron chi connectivity index (χ2n) is 4.63. The molecule has 110 valence electrons. The van der Waals surface area contributed by atoms with Crippen molar-refractivity contribution in [3.63, 3.8) is 0 Å². The third kappa shape index (κ3) is 5.30. The van der Waals surface area contributed by atoms with Crippen LogP contribution < -0.4 is 10.1 Å². The number of ether oxygens (including phenoxy) is 1. The highest BCUT2D eigenvalue weighted by atomic mass is 16.5. The van der Waals surface area contributed by atoms with Gasteiger partial charge in [-0.05, 0) is 30.7 Å². The summed E-state index contributed by atoms with van der Waals surface area (Å²) in [6.07, 6.45) is 2.31. The molecule has 1 aromatic carbocycles. The summed E-state index contributed by atoms with van der Waals surface area (Å²) < 4.78 is 5.04. The first-order valence-corrected chi connectivity index (χ1v) is 6.74. The molecule has 2 amide bonds. The molecule has 1 rings (SSSR count). The van der Waals surface area contributed by atoms with Crippen LogP contribution in [0, 0.1) is 0 Å². The Hall–Kier alpha value is -2.04. The molecule has 0 saturated heterocycles. The fraction of sp³-hybridized carbons (Fsp3) is 0.467. The summed E-state index contributed by atoms with van der Waals surface area (Å²) in [7, 11) is 3.23. The van der Waals surface area contributed by atoms with E-state index in [2.05, 4.69) is 5.32 Å². The summed E-state index contributed by atoms with van der Waals surface area (Å²) in [5, 5.41) is 2.75. The number of nitrogens with one attached hydrogen (secondary N) is 1. The van der Waals surface area contributed by atoms with Crippen molar-refractivity contribution in [3.8, 4) is 5.75 Å². The van der Waals surface area contributed by atoms with Crippen molar-refractivity contribution in [1.82, 2.24) is 4.90 Å². The maximum atomic E-state index is 11.8. The molecule has 0 bridgehead atoms. The predicted molar refractivity (Wildman–Crippen MR) is 78.8 cm³/mol. The van der Waals surface area contributed by atoms with Crippen LogP contribution in [0.1, 0.15) is 26.2 Å². The number of hydrogen-bond donors (Lipinski definition) is 1. The van der Waals surface area contributed by atoms with Gasteiger partial charge in [0.2, 0.25) is 11.8 Å². The Bertz CT molecular complexity index is 443. The maximum Gasteiger partial charge on any atom is 0.243 e. The SMILES string of the molecule is CCCCC(=O)N(C)CC(=O)Nc1ccc(OC)cc1. The average Bonchev–Trinajstić information content (AvgIpc) is 2.45. The Morgan fingerprint density at radius 1 is 1.25 bits per heavy atom. The molecule has 0 atom stereocenters. The first-order chi connectivity index (χ1) is 9.56. The number of likely N-dealkylation sites (N-methyl/N-ethyl adjacent to an activating group) is 1. The minimum Gasteiger partial charge on any atom is -0.497 e. The predicted octanol–water partition coefficient (Wildman–Crippen LogP) is 2.28. The first kappa shape index (κ1) is 16.0. The number of hydrogen-bond acceptors (Lipinski definition) is 3. The van der Waals surface area contributed by atoms with Crippen LogP contribution in [-0.2, 0) is 9.59 Å². The second kappa shape index (κ2) is 8.19. The highest BCUT2D eigenvalue weighted by molar-refractivity contribution is 5.94. The molecule has 1 N–H and O–H groups in total. The summed E-state index contributed by atoms with van der Waals surface area (Å²) in [5.41, 5.74) is 0.685. The minimum atomic E-state index is -0.206. The van der Waals surface area contributed by atoms with Crippen molar-refractivity contribution >= 4 is 17.5 Å². The zero-order valence-corrected chi connectivity index (χ0v) is 12.3. The van der Waals surface area contributed by atoms with E-state index >= 15 is 0 Å². The van der Waals surface area contributed by atoms with E-state index in [1.54, 1.807) is 38.4 Å². The molecular weight excluding hydrogens is 256 g/mol. The van der Waals surface area contributed by atoms with Gasteiger partial charge in [-0.25, -0.2) is 0 Å². The van der Waals surface area contributed by atoms with E-state index in [0.29, 0.717) is 12.1 Å². The third-order valence-electron chi connectivity index (χ3n) is 2.92. The summed E-state index contributed by atoms with van der Waals surface area (Å²) in [6, 6.07) is 7.06. The Kier molecular flexibility index (Phi) is 6.56. The van der Waals surface area contributed by atoms with Crippen LogP contribution in [0.15, 0.2) is 24.3 Å². The smallest absolute Gasteiger partial charge is 0.243 e. The van der Waals surface area contributed by atoms with Crippen molar-refractivity contribution in [1.29, 1.82) is 0 Å². The van der Waals surface area contributed by atoms with E-state index in [0.717, 1.165) is 18.6 Å². The minimum absolute atomic E-state index is 0.00303. The van der Waals surface area contributed by atoms with E-state index in [1.807, 2.05) is 6.92 Å². The Labute approximate surface area is 119 Å². The molecule has 0 aliphatic carbocycles. The average molecular weight is 278 g/mol. The van der Waals surface area contributed by atoms with Crippen LogP contribution in [0.5, 0.6) is 5.75 Å². The van der Waals surface area contributed by atoms with Gasteiger partial charge in [-0.15, -0.1) is 0 Å². The molecule has 5 heteroatoms. The van der Waals surface area contributed by atoms with E-state index in [-0.39, 0.29) is 18.4 Å². The number of unbranched alkanes of at least 4 members (excludes halogenated alkanes) is 1. The lowest BCUT2D eigenvalue weighted by Crippen LogP contribution is -2.34. The molecule has 0 heterocycles. The zero-order chi connectivity index (χ0) is 15.0. The monoisotopic (exact) mass is 278 g/mol. The van der Waals surface area contributed by atoms with Crippen molar-refractivity contribution in [2.45, 2.75) is 26.2 Å². The standard InChI is InChI=1S/C15H22N2O3/c1-4-5-6-15(19)17(2)11-14(18)16-12-7-9-13(20-3)10-8-12/h7-10H,4-6,11H2,1-3H3,(H,16,18). The molecule has 0 spiro atoms. The fourth-order valence-electron chi connectivity index (χ4n) is 1.70. The second-order valence-corrected chi connectivity index (χ2v) is 4.63. The lowest BCUT2D eigenvalue weighted by atomic mass is 10.2. The fourth-order valence-corrected chi connectivity index (χ4v) is 1.70. The number of amides is 2. The molecule has 0 unspecified atom stereocenters. The van der Waals surface area contributed by atoms with Crippen LogP contribution >= 0.6 is 0 Å². The zero-order valence-electron chi connectivity index (χ0n) is 12.3. The van der Waals surface area contributed by atoms with Gasteiger partial charge in [0.1, 0.15) is 5.75 Å². The van der Waals surface area contributed by atoms with E-state index in [4.69, 9.17) is 4.74 Å². The molecular formula is C15H22N2O3. The number of carbonyl (C=O) groups is 2. The van der Waals surface area contributed by atoms with E-state index < -0.39 is 0 Å². The molecule has 0 saturated carbocycles. The number of carbonyl (C=O) groups excluding carboxylic acids is 2. The quantitative estimate of drug-likeness (QED) is 0.832. The van der Waals surface area contributed by atoms with Gasteiger partial charge in [0.05, 0.1) is 13.7 Å². The topological polar surface area (TPSA) is 58.6 Å². The Balaban J connectivity index is 2.44. The van der Waals surface area contributed by atoms with Crippen molar-refractivity contribution in [3.05, 3.63) is 24.3 Å². The molecule has 0 aromatic heterocycles. The van der Waals surface area contributed by atoms with Gasteiger partial charge in [0, 0.05) is 19.2 Å². The molecule has 0 fully saturated rings. The number of methoxy groups -OCH3 is 1. The molecule has 0 aliphatic rings. The van der Waals surface area contributed by atoms with Crippen LogP contribution in [-0.4, -0.2) is 37.4 Å². The van der Waals surface area contributed by atoms with Crippen LogP contribution in [0.2, 0.25) is 0 Å². The van der Waals surface area contributed by atoms with Gasteiger partial charge in [0.15, 0.2) is 0 Å². The molecule has 20 heavy (non-hydrogen) atoms. The number of benzene rings is 1. The van der Waals surface area contributed by atoms with Gasteiger partial charge < -0.3 is 15.0 Å². The van der Waals surface area contributed by atoms with Crippen molar-refractivity contribution in [2.24, 2.45) is 0 Å². The van der Waals surface area contributed by atoms with E-state index in [1.165, 1.54) is 4.90 Å². The Morgan fingerprint density at radius 2 is 1.90 bits per heavy atom. The normalized spacial score (nSPS) is 9.95. The van der Waals surface area contributed by atoms with Gasteiger partial charge in [-0.2, -0.15) is 0 Å². The molecule has 0 radical (unpaired) electrons. The summed E-state index contributed by atoms with van der Waals surface area (Å²) in [4.78, 5) is 25.0. The molecule has 1 aromatic rings. The largest absolute Gasteiger partial charge is 0.497 e. The van der Waals surface area contributed by atoms with Crippen LogP contribution in [0.25, 0.3) is 0 Å². The van der Waals surface area contributed by atoms with Crippen LogP contribution in [0.3, 0.4) is 0 Å². The van der Waals surface area contributed by atoms with Crippen molar-refractivity contribution < 1.29 is 14.3 Å². The lowest BCUT2D eigenvalue weighted by Gasteiger charge is -2.16. The summed E-state index contributed by atoms with van der Waals surface area (Å²) in [6.45, 7) is 2.10. The van der Waals surface area contributed by atoms with Crippen molar-refractivity contribution in [2.75, 3.05) is 26.0 Å². The Morgan fingerprint density at radius 3 is 2.45 bits per heavy atom. The third-order valence-corrected chi connectivity index (χ3v) is 2.92. The highest BCUT2D eigenvalue weighted by Crippen LogP contribution is 2.14. The lowest BCUT2D eigenvalue weighted by molar-refractivity contribution is -0.133. The van der Waals surface area contributed by atoms with Gasteiger partial charge in [-0.1, -0.05) is 13.3 Å². The van der Waals surface area contributed by atoms with E-state index in [9.17, 15) is 9.59 Å². The van der Waals surface area contributed by atoms with Gasteiger partial charge in [0.25, 0.3) is 0 Å². The maximum absolute atomic E-state index is 11.8.